The molecule has 2 aliphatic rings. The topological polar surface area (TPSA) is 122 Å². The summed E-state index contributed by atoms with van der Waals surface area (Å²) < 4.78 is 0. The Morgan fingerprint density at radius 3 is 2.18 bits per heavy atom. The summed E-state index contributed by atoms with van der Waals surface area (Å²) in [6, 6.07) is -1.63. The van der Waals surface area contributed by atoms with Crippen molar-refractivity contribution < 1.29 is 24.3 Å². The van der Waals surface area contributed by atoms with Crippen LogP contribution in [-0.4, -0.2) is 107 Å². The lowest BCUT2D eigenvalue weighted by Crippen LogP contribution is -2.60. The van der Waals surface area contributed by atoms with E-state index < -0.39 is 17.5 Å². The number of unbranched alkanes of at least 4 members (excludes halogenated alkanes) is 2. The number of likely N-dealkylation sites (tertiary alicyclic amines) is 2. The van der Waals surface area contributed by atoms with Gasteiger partial charge in [0.25, 0.3) is 0 Å². The van der Waals surface area contributed by atoms with Crippen LogP contribution in [0.2, 0.25) is 0 Å². The lowest BCUT2D eigenvalue weighted by molar-refractivity contribution is -0.142. The van der Waals surface area contributed by atoms with Gasteiger partial charge in [0.05, 0.1) is 12.1 Å². The molecule has 2 saturated heterocycles. The molecular formula is C34H61N5O5. The number of likely N-dealkylation sites (N-methyl/N-ethyl adjacent to an activating group) is 1. The van der Waals surface area contributed by atoms with Crippen molar-refractivity contribution in [2.24, 2.45) is 11.3 Å². The maximum Gasteiger partial charge on any atom is 0.249 e. The number of carbonyl (C=O) groups excluding carboxylic acids is 4. The maximum absolute atomic E-state index is 14.1. The van der Waals surface area contributed by atoms with Crippen LogP contribution in [0.25, 0.3) is 0 Å². The summed E-state index contributed by atoms with van der Waals surface area (Å²) in [6.45, 7) is 17.9. The second-order valence-electron chi connectivity index (χ2n) is 14.4. The molecule has 10 heteroatoms. The summed E-state index contributed by atoms with van der Waals surface area (Å²) >= 11 is 0. The minimum absolute atomic E-state index is 0.00870. The van der Waals surface area contributed by atoms with Crippen LogP contribution >= 0.6 is 0 Å². The van der Waals surface area contributed by atoms with Gasteiger partial charge >= 0.3 is 0 Å². The zero-order chi connectivity index (χ0) is 33.2. The molecule has 2 rings (SSSR count). The van der Waals surface area contributed by atoms with Crippen molar-refractivity contribution in [3.63, 3.8) is 0 Å². The van der Waals surface area contributed by atoms with Crippen LogP contribution in [0.1, 0.15) is 107 Å². The molecule has 4 unspecified atom stereocenters. The molecule has 2 aliphatic heterocycles. The molecule has 44 heavy (non-hydrogen) atoms. The van der Waals surface area contributed by atoms with Gasteiger partial charge in [-0.2, -0.15) is 0 Å². The molecule has 252 valence electrons. The Labute approximate surface area is 266 Å². The maximum atomic E-state index is 14.1. The number of carbonyl (C=O) groups is 4. The van der Waals surface area contributed by atoms with Crippen molar-refractivity contribution in [2.75, 3.05) is 33.3 Å². The van der Waals surface area contributed by atoms with Gasteiger partial charge < -0.3 is 25.5 Å². The second kappa shape index (κ2) is 17.3. The molecule has 4 atom stereocenters. The molecule has 3 N–H and O–H groups in total. The van der Waals surface area contributed by atoms with Gasteiger partial charge in [0.2, 0.25) is 23.6 Å². The van der Waals surface area contributed by atoms with E-state index in [2.05, 4.69) is 29.4 Å². The van der Waals surface area contributed by atoms with Crippen molar-refractivity contribution in [3.8, 4) is 0 Å². The third-order valence-electron chi connectivity index (χ3n) is 9.10. The highest BCUT2D eigenvalue weighted by Crippen LogP contribution is 2.27. The van der Waals surface area contributed by atoms with E-state index in [-0.39, 0.29) is 54.3 Å². The number of nitrogens with zero attached hydrogens (tertiary/aromatic N) is 3. The van der Waals surface area contributed by atoms with Crippen molar-refractivity contribution in [1.82, 2.24) is 25.3 Å². The van der Waals surface area contributed by atoms with Crippen molar-refractivity contribution in [1.29, 1.82) is 0 Å². The van der Waals surface area contributed by atoms with Gasteiger partial charge in [0.1, 0.15) is 12.1 Å². The highest BCUT2D eigenvalue weighted by molar-refractivity contribution is 5.97. The van der Waals surface area contributed by atoms with E-state index in [1.54, 1.807) is 23.8 Å². The Bertz CT molecular complexity index is 1000. The second-order valence-corrected chi connectivity index (χ2v) is 14.4. The Morgan fingerprint density at radius 2 is 1.59 bits per heavy atom. The Morgan fingerprint density at radius 1 is 0.932 bits per heavy atom. The minimum atomic E-state index is -0.731. The molecule has 10 nitrogen and oxygen atoms in total. The zero-order valence-corrected chi connectivity index (χ0v) is 28.9. The summed E-state index contributed by atoms with van der Waals surface area (Å²) in [5, 5.41) is 15.0. The molecule has 2 fully saturated rings. The molecule has 0 aromatic heterocycles. The van der Waals surface area contributed by atoms with Gasteiger partial charge in [0.15, 0.2) is 0 Å². The number of aliphatic hydroxyl groups excluding tert-OH is 1. The van der Waals surface area contributed by atoms with E-state index in [0.29, 0.717) is 31.5 Å². The first kappa shape index (κ1) is 37.7. The summed E-state index contributed by atoms with van der Waals surface area (Å²) in [5.74, 6) is -0.615. The quantitative estimate of drug-likeness (QED) is 0.202. The van der Waals surface area contributed by atoms with Gasteiger partial charge in [0, 0.05) is 38.4 Å². The number of nitrogens with one attached hydrogen (secondary N) is 2. The number of hydrogen-bond acceptors (Lipinski definition) is 6. The molecule has 2 heterocycles. The van der Waals surface area contributed by atoms with Crippen LogP contribution in [0, 0.1) is 11.3 Å². The molecule has 0 aliphatic carbocycles. The first-order valence-electron chi connectivity index (χ1n) is 16.8. The number of aliphatic hydroxyl groups is 1. The number of piperidine rings is 1. The predicted molar refractivity (Wildman–Crippen MR) is 175 cm³/mol. The normalized spacial score (nSPS) is 21.4. The van der Waals surface area contributed by atoms with Gasteiger partial charge in [-0.15, -0.1) is 0 Å². The summed E-state index contributed by atoms with van der Waals surface area (Å²) in [5.41, 5.74) is -0.0278. The summed E-state index contributed by atoms with van der Waals surface area (Å²) in [4.78, 5) is 59.7. The SMILES string of the molecule is C/C(=C\C(C(C)C)N(C)C(=O)C(NC(=O)C1CCCCN1C(C)C)C(C)(C)C)C(=O)N1CCCC1C(=O)NCCCCCO. The lowest BCUT2D eigenvalue weighted by atomic mass is 9.84. The van der Waals surface area contributed by atoms with E-state index in [0.717, 1.165) is 45.1 Å². The van der Waals surface area contributed by atoms with Crippen LogP contribution in [0.4, 0.5) is 0 Å². The van der Waals surface area contributed by atoms with E-state index in [9.17, 15) is 19.2 Å². The smallest absolute Gasteiger partial charge is 0.249 e. The average Bonchev–Trinajstić information content (AvgIpc) is 3.46. The van der Waals surface area contributed by atoms with E-state index in [4.69, 9.17) is 5.11 Å². The van der Waals surface area contributed by atoms with Gasteiger partial charge in [-0.05, 0) is 83.6 Å². The highest BCUT2D eigenvalue weighted by atomic mass is 16.3. The lowest BCUT2D eigenvalue weighted by Gasteiger charge is -2.41. The molecule has 0 bridgehead atoms. The first-order chi connectivity index (χ1) is 20.6. The van der Waals surface area contributed by atoms with Crippen molar-refractivity contribution in [3.05, 3.63) is 11.6 Å². The fraction of sp³-hybridized carbons (Fsp3) is 0.824. The van der Waals surface area contributed by atoms with Crippen LogP contribution < -0.4 is 10.6 Å². The molecular weight excluding hydrogens is 558 g/mol. The summed E-state index contributed by atoms with van der Waals surface area (Å²) in [6.07, 6.45) is 8.40. The minimum Gasteiger partial charge on any atom is -0.396 e. The molecule has 0 aromatic rings. The molecule has 0 saturated carbocycles. The van der Waals surface area contributed by atoms with Crippen LogP contribution in [-0.2, 0) is 19.2 Å². The Balaban J connectivity index is 2.19. The fourth-order valence-corrected chi connectivity index (χ4v) is 6.42. The highest BCUT2D eigenvalue weighted by Gasteiger charge is 2.40. The first-order valence-corrected chi connectivity index (χ1v) is 16.8. The Kier molecular flexibility index (Phi) is 14.8. The van der Waals surface area contributed by atoms with Crippen LogP contribution in [0.3, 0.4) is 0 Å². The molecule has 0 radical (unpaired) electrons. The zero-order valence-electron chi connectivity index (χ0n) is 28.9. The van der Waals surface area contributed by atoms with Crippen molar-refractivity contribution >= 4 is 23.6 Å². The standard InChI is InChI=1S/C34H61N5O5/c1-23(2)28(22-25(5)32(43)39-20-15-17-26(39)30(41)35-18-12-10-14-21-40)37(9)33(44)29(34(6,7)8)36-31(42)27-16-11-13-19-38(27)24(3)4/h22-24,26-29,40H,10-21H2,1-9H3,(H,35,41)(H,36,42)/b25-22+. The third-order valence-corrected chi connectivity index (χ3v) is 9.10. The van der Waals surface area contributed by atoms with Crippen molar-refractivity contribution in [2.45, 2.75) is 137 Å². The number of hydrogen-bond donors (Lipinski definition) is 3. The van der Waals surface area contributed by atoms with E-state index in [1.807, 2.05) is 40.7 Å². The number of rotatable bonds is 14. The number of amides is 4. The largest absolute Gasteiger partial charge is 0.396 e. The molecule has 0 spiro atoms. The van der Waals surface area contributed by atoms with E-state index in [1.165, 1.54) is 0 Å². The predicted octanol–water partition coefficient (Wildman–Crippen LogP) is 3.48. The molecule has 4 amide bonds. The summed E-state index contributed by atoms with van der Waals surface area (Å²) in [7, 11) is 1.75. The van der Waals surface area contributed by atoms with Crippen LogP contribution in [0.15, 0.2) is 11.6 Å². The van der Waals surface area contributed by atoms with Gasteiger partial charge in [-0.1, -0.05) is 47.1 Å². The van der Waals surface area contributed by atoms with Gasteiger partial charge in [-0.25, -0.2) is 0 Å². The average molecular weight is 620 g/mol. The van der Waals surface area contributed by atoms with Crippen LogP contribution in [0.5, 0.6) is 0 Å². The van der Waals surface area contributed by atoms with Gasteiger partial charge in [-0.3, -0.25) is 24.1 Å². The fourth-order valence-electron chi connectivity index (χ4n) is 6.42. The monoisotopic (exact) mass is 619 g/mol. The molecule has 0 aromatic carbocycles. The Hall–Kier alpha value is -2.46. The third kappa shape index (κ3) is 10.3. The van der Waals surface area contributed by atoms with E-state index >= 15 is 0 Å².